The molecule has 2 atom stereocenters. The lowest BCUT2D eigenvalue weighted by Crippen LogP contribution is -2.62. The quantitative estimate of drug-likeness (QED) is 0.341. The molecule has 2 fully saturated rings. The van der Waals surface area contributed by atoms with Gasteiger partial charge in [-0.3, -0.25) is 9.69 Å². The van der Waals surface area contributed by atoms with Crippen LogP contribution in [-0.4, -0.2) is 112 Å². The molecule has 1 amide bonds. The molecule has 4 rings (SSSR count). The number of aliphatic hydroxyl groups excluding tert-OH is 1. The number of benzene rings is 1. The fourth-order valence-corrected chi connectivity index (χ4v) is 6.75. The molecule has 1 aromatic heterocycles. The average molecular weight is 600 g/mol. The summed E-state index contributed by atoms with van der Waals surface area (Å²) >= 11 is 0. The number of nitrogens with zero attached hydrogens (tertiary/aromatic N) is 7. The lowest BCUT2D eigenvalue weighted by atomic mass is 9.76. The van der Waals surface area contributed by atoms with Gasteiger partial charge in [0.2, 0.25) is 0 Å². The van der Waals surface area contributed by atoms with Crippen LogP contribution in [0.25, 0.3) is 0 Å². The number of carbonyl (C=O) groups excluding carboxylic acids is 1. The van der Waals surface area contributed by atoms with Crippen LogP contribution in [0, 0.1) is 17.2 Å². The number of hydrogen-bond acceptors (Lipinski definition) is 9. The van der Waals surface area contributed by atoms with Crippen molar-refractivity contribution in [3.63, 3.8) is 0 Å². The Morgan fingerprint density at radius 1 is 1.19 bits per heavy atom. The maximum atomic E-state index is 14.3. The van der Waals surface area contributed by atoms with Gasteiger partial charge in [-0.05, 0) is 77.7 Å². The van der Waals surface area contributed by atoms with Gasteiger partial charge in [0.15, 0.2) is 5.82 Å². The molecule has 238 valence electrons. The second kappa shape index (κ2) is 14.3. The Morgan fingerprint density at radius 2 is 1.93 bits per heavy atom. The third kappa shape index (κ3) is 7.80. The maximum absolute atomic E-state index is 14.3. The molecular weight excluding hydrogens is 549 g/mol. The molecule has 2 aliphatic rings. The molecule has 11 heteroatoms. The van der Waals surface area contributed by atoms with E-state index in [0.29, 0.717) is 30.9 Å². The molecule has 1 aromatic carbocycles. The summed E-state index contributed by atoms with van der Waals surface area (Å²) in [5.74, 6) is 0.619. The number of aliphatic hydroxyl groups is 1. The van der Waals surface area contributed by atoms with Gasteiger partial charge >= 0.3 is 0 Å². The minimum Gasteiger partial charge on any atom is -0.434 e. The zero-order valence-electron chi connectivity index (χ0n) is 27.0. The number of carbonyl (C=O) groups is 1. The Kier molecular flexibility index (Phi) is 10.9. The number of rotatable bonds is 14. The highest BCUT2D eigenvalue weighted by atomic mass is 19.1. The summed E-state index contributed by atoms with van der Waals surface area (Å²) in [4.78, 5) is 26.4. The predicted octanol–water partition coefficient (Wildman–Crippen LogP) is 4.30. The summed E-state index contributed by atoms with van der Waals surface area (Å²) in [6.45, 7) is 18.1. The number of aromatic nitrogens is 3. The van der Waals surface area contributed by atoms with Crippen molar-refractivity contribution in [3.8, 4) is 11.6 Å². The summed E-state index contributed by atoms with van der Waals surface area (Å²) in [5, 5.41) is 19.0. The van der Waals surface area contributed by atoms with Crippen molar-refractivity contribution >= 4 is 11.7 Å². The first kappa shape index (κ1) is 33.0. The molecule has 2 unspecified atom stereocenters. The molecule has 3 heterocycles. The van der Waals surface area contributed by atoms with Crippen LogP contribution < -0.4 is 9.64 Å². The zero-order valence-corrected chi connectivity index (χ0v) is 27.0. The number of anilines is 1. The number of ether oxygens (including phenoxy) is 1. The topological polar surface area (TPSA) is 98.2 Å². The first-order chi connectivity index (χ1) is 20.5. The monoisotopic (exact) mass is 599 g/mol. The van der Waals surface area contributed by atoms with Gasteiger partial charge in [-0.15, -0.1) is 10.2 Å². The number of likely N-dealkylation sites (tertiary alicyclic amines) is 1. The van der Waals surface area contributed by atoms with E-state index in [2.05, 4.69) is 57.7 Å². The zero-order chi connectivity index (χ0) is 31.3. The van der Waals surface area contributed by atoms with Gasteiger partial charge in [-0.25, -0.2) is 9.37 Å². The first-order valence-electron chi connectivity index (χ1n) is 15.8. The molecule has 0 saturated carbocycles. The SMILES string of the molecule is CCCN(C)CC(O)CC(C(C)C)N1CC2(CCN(c3ncnnc3Oc3ccc(F)cc3C(=O)N(CC)C(C)C)C2)C1. The summed E-state index contributed by atoms with van der Waals surface area (Å²) in [6.07, 6.45) is 3.92. The van der Waals surface area contributed by atoms with Crippen LogP contribution in [0.4, 0.5) is 10.2 Å². The highest BCUT2D eigenvalue weighted by molar-refractivity contribution is 5.97. The Balaban J connectivity index is 1.45. The number of likely N-dealkylation sites (N-methyl/N-ethyl adjacent to an activating group) is 1. The van der Waals surface area contributed by atoms with E-state index in [1.54, 1.807) is 4.90 Å². The minimum absolute atomic E-state index is 0.0499. The van der Waals surface area contributed by atoms with E-state index in [4.69, 9.17) is 4.74 Å². The van der Waals surface area contributed by atoms with Gasteiger partial charge in [0.25, 0.3) is 11.8 Å². The molecule has 43 heavy (non-hydrogen) atoms. The van der Waals surface area contributed by atoms with Crippen molar-refractivity contribution in [1.29, 1.82) is 0 Å². The van der Waals surface area contributed by atoms with Crippen molar-refractivity contribution in [3.05, 3.63) is 35.9 Å². The van der Waals surface area contributed by atoms with Crippen molar-refractivity contribution in [1.82, 2.24) is 29.9 Å². The fraction of sp³-hybridized carbons (Fsp3) is 0.688. The average Bonchev–Trinajstić information content (AvgIpc) is 3.38. The predicted molar refractivity (Wildman–Crippen MR) is 166 cm³/mol. The molecule has 0 bridgehead atoms. The summed E-state index contributed by atoms with van der Waals surface area (Å²) in [7, 11) is 2.07. The molecule has 0 radical (unpaired) electrons. The van der Waals surface area contributed by atoms with E-state index >= 15 is 0 Å². The minimum atomic E-state index is -0.510. The highest BCUT2D eigenvalue weighted by Crippen LogP contribution is 2.44. The summed E-state index contributed by atoms with van der Waals surface area (Å²) in [5.41, 5.74) is 0.275. The van der Waals surface area contributed by atoms with Crippen molar-refractivity contribution < 1.29 is 19.0 Å². The lowest BCUT2D eigenvalue weighted by Gasteiger charge is -2.53. The number of hydrogen-bond donors (Lipinski definition) is 1. The van der Waals surface area contributed by atoms with Gasteiger partial charge in [-0.1, -0.05) is 20.8 Å². The van der Waals surface area contributed by atoms with Crippen LogP contribution >= 0.6 is 0 Å². The van der Waals surface area contributed by atoms with E-state index < -0.39 is 5.82 Å². The molecule has 2 saturated heterocycles. The molecule has 2 aliphatic heterocycles. The van der Waals surface area contributed by atoms with Gasteiger partial charge in [0.05, 0.1) is 11.7 Å². The Hall–Kier alpha value is -2.89. The number of halogens is 1. The summed E-state index contributed by atoms with van der Waals surface area (Å²) < 4.78 is 20.4. The Labute approximate surface area is 256 Å². The van der Waals surface area contributed by atoms with Gasteiger partial charge in [0.1, 0.15) is 17.9 Å². The van der Waals surface area contributed by atoms with Gasteiger partial charge in [-0.2, -0.15) is 0 Å². The van der Waals surface area contributed by atoms with E-state index in [1.807, 2.05) is 20.8 Å². The van der Waals surface area contributed by atoms with Crippen LogP contribution in [0.2, 0.25) is 0 Å². The highest BCUT2D eigenvalue weighted by Gasteiger charge is 2.50. The van der Waals surface area contributed by atoms with Crippen LogP contribution in [0.3, 0.4) is 0 Å². The smallest absolute Gasteiger partial charge is 0.282 e. The fourth-order valence-electron chi connectivity index (χ4n) is 6.75. The van der Waals surface area contributed by atoms with Crippen LogP contribution in [-0.2, 0) is 0 Å². The number of amides is 1. The van der Waals surface area contributed by atoms with E-state index in [1.165, 1.54) is 24.5 Å². The van der Waals surface area contributed by atoms with Crippen LogP contribution in [0.5, 0.6) is 11.6 Å². The maximum Gasteiger partial charge on any atom is 0.282 e. The molecule has 1 N–H and O–H groups in total. The molecule has 1 spiro atoms. The second-order valence-corrected chi connectivity index (χ2v) is 13.1. The normalized spacial score (nSPS) is 18.0. The third-order valence-corrected chi connectivity index (χ3v) is 8.87. The summed E-state index contributed by atoms with van der Waals surface area (Å²) in [6, 6.07) is 4.23. The van der Waals surface area contributed by atoms with E-state index in [0.717, 1.165) is 52.0 Å². The first-order valence-corrected chi connectivity index (χ1v) is 15.8. The van der Waals surface area contributed by atoms with Crippen LogP contribution in [0.15, 0.2) is 24.5 Å². The Bertz CT molecular complexity index is 1220. The third-order valence-electron chi connectivity index (χ3n) is 8.87. The van der Waals surface area contributed by atoms with E-state index in [-0.39, 0.29) is 40.7 Å². The van der Waals surface area contributed by atoms with Gasteiger partial charge < -0.3 is 24.5 Å². The van der Waals surface area contributed by atoms with Crippen molar-refractivity contribution in [2.45, 2.75) is 79.0 Å². The second-order valence-electron chi connectivity index (χ2n) is 13.1. The Morgan fingerprint density at radius 3 is 2.58 bits per heavy atom. The van der Waals surface area contributed by atoms with Crippen molar-refractivity contribution in [2.75, 3.05) is 57.8 Å². The standard InChI is InChI=1S/C32H50FN7O3/c1-8-13-37(7)17-25(41)16-27(22(3)4)39-19-32(20-39)12-14-38(18-32)29-30(36-35-21-34-29)43-28-11-10-24(33)15-26(28)31(42)40(9-2)23(5)6/h10-11,15,21-23,25,27,41H,8-9,12-14,16-20H2,1-7H3. The van der Waals surface area contributed by atoms with Gasteiger partial charge in [0, 0.05) is 56.8 Å². The van der Waals surface area contributed by atoms with E-state index in [9.17, 15) is 14.3 Å². The van der Waals surface area contributed by atoms with Crippen LogP contribution in [0.1, 0.15) is 71.2 Å². The largest absolute Gasteiger partial charge is 0.434 e. The molecule has 2 aromatic rings. The molecule has 10 nitrogen and oxygen atoms in total. The molecular formula is C32H50FN7O3. The lowest BCUT2D eigenvalue weighted by molar-refractivity contribution is -0.0481. The molecule has 0 aliphatic carbocycles. The van der Waals surface area contributed by atoms with Crippen molar-refractivity contribution in [2.24, 2.45) is 11.3 Å².